The number of carbonyl (C=O) groups is 1. The molecule has 1 fully saturated rings. The third-order valence-electron chi connectivity index (χ3n) is 2.98. The summed E-state index contributed by atoms with van der Waals surface area (Å²) in [5.41, 5.74) is 0. The summed E-state index contributed by atoms with van der Waals surface area (Å²) in [5.74, 6) is 0.232. The Morgan fingerprint density at radius 3 is 2.80 bits per heavy atom. The Kier molecular flexibility index (Phi) is 5.69. The lowest BCUT2D eigenvalue weighted by Crippen LogP contribution is -2.40. The van der Waals surface area contributed by atoms with E-state index in [0.29, 0.717) is 6.42 Å². The van der Waals surface area contributed by atoms with Crippen LogP contribution in [0.5, 0.6) is 0 Å². The molecule has 1 rings (SSSR count). The zero-order valence-electron chi connectivity index (χ0n) is 10.00. The molecule has 0 aromatic rings. The normalized spacial score (nSPS) is 21.3. The molecule has 1 atom stereocenters. The topological polar surface area (TPSA) is 29.5 Å². The molecule has 3 nitrogen and oxygen atoms in total. The van der Waals surface area contributed by atoms with Crippen molar-refractivity contribution >= 4 is 5.91 Å². The van der Waals surface area contributed by atoms with Crippen molar-refractivity contribution in [1.29, 1.82) is 0 Å². The van der Waals surface area contributed by atoms with E-state index >= 15 is 0 Å². The quantitative estimate of drug-likeness (QED) is 0.657. The first-order valence-electron chi connectivity index (χ1n) is 6.13. The van der Waals surface area contributed by atoms with Crippen molar-refractivity contribution in [3.63, 3.8) is 0 Å². The molecule has 1 heterocycles. The molecule has 3 heteroatoms. The average molecular weight is 213 g/mol. The summed E-state index contributed by atoms with van der Waals surface area (Å²) in [5, 5.41) is 0. The SMILES string of the molecule is CCCCCC(=O)N(C)C1CCCCO1. The molecule has 0 N–H and O–H groups in total. The second kappa shape index (κ2) is 6.83. The van der Waals surface area contributed by atoms with Crippen LogP contribution >= 0.6 is 0 Å². The van der Waals surface area contributed by atoms with Gasteiger partial charge in [0.2, 0.25) is 5.91 Å². The van der Waals surface area contributed by atoms with Crippen LogP contribution in [0.3, 0.4) is 0 Å². The van der Waals surface area contributed by atoms with Gasteiger partial charge in [-0.3, -0.25) is 4.79 Å². The van der Waals surface area contributed by atoms with E-state index in [9.17, 15) is 4.79 Å². The Labute approximate surface area is 92.8 Å². The van der Waals surface area contributed by atoms with Crippen LogP contribution in [-0.2, 0) is 9.53 Å². The maximum Gasteiger partial charge on any atom is 0.224 e. The first-order chi connectivity index (χ1) is 7.25. The number of hydrogen-bond acceptors (Lipinski definition) is 2. The standard InChI is InChI=1S/C12H23NO2/c1-3-4-5-8-11(14)13(2)12-9-6-7-10-15-12/h12H,3-10H2,1-2H3. The van der Waals surface area contributed by atoms with E-state index in [2.05, 4.69) is 6.92 Å². The number of carbonyl (C=O) groups excluding carboxylic acids is 1. The maximum atomic E-state index is 11.8. The van der Waals surface area contributed by atoms with Gasteiger partial charge < -0.3 is 9.64 Å². The molecule has 0 aromatic heterocycles. The van der Waals surface area contributed by atoms with Crippen molar-refractivity contribution in [3.05, 3.63) is 0 Å². The fraction of sp³-hybridized carbons (Fsp3) is 0.917. The lowest BCUT2D eigenvalue weighted by Gasteiger charge is -2.31. The molecule has 1 aliphatic rings. The van der Waals surface area contributed by atoms with Crippen molar-refractivity contribution < 1.29 is 9.53 Å². The Morgan fingerprint density at radius 2 is 2.20 bits per heavy atom. The van der Waals surface area contributed by atoms with Gasteiger partial charge in [0, 0.05) is 20.1 Å². The van der Waals surface area contributed by atoms with E-state index in [-0.39, 0.29) is 12.1 Å². The van der Waals surface area contributed by atoms with Gasteiger partial charge in [0.15, 0.2) is 0 Å². The minimum atomic E-state index is 0.0351. The predicted octanol–water partition coefficient (Wildman–Crippen LogP) is 2.55. The Balaban J connectivity index is 2.24. The molecule has 1 aliphatic heterocycles. The molecule has 0 spiro atoms. The van der Waals surface area contributed by atoms with Gasteiger partial charge in [-0.1, -0.05) is 19.8 Å². The molecule has 1 saturated heterocycles. The number of unbranched alkanes of at least 4 members (excludes halogenated alkanes) is 2. The van der Waals surface area contributed by atoms with Gasteiger partial charge in [-0.2, -0.15) is 0 Å². The molecular formula is C12H23NO2. The number of ether oxygens (including phenoxy) is 1. The first kappa shape index (κ1) is 12.5. The molecule has 0 aromatic carbocycles. The molecule has 1 unspecified atom stereocenters. The van der Waals surface area contributed by atoms with E-state index in [4.69, 9.17) is 4.74 Å². The maximum absolute atomic E-state index is 11.8. The highest BCUT2D eigenvalue weighted by Gasteiger charge is 2.21. The summed E-state index contributed by atoms with van der Waals surface area (Å²) in [7, 11) is 1.87. The van der Waals surface area contributed by atoms with Gasteiger partial charge in [0.1, 0.15) is 6.23 Å². The third-order valence-corrected chi connectivity index (χ3v) is 2.98. The Bertz CT molecular complexity index is 188. The number of nitrogens with zero attached hydrogens (tertiary/aromatic N) is 1. The minimum Gasteiger partial charge on any atom is -0.358 e. The summed E-state index contributed by atoms with van der Waals surface area (Å²) in [4.78, 5) is 13.5. The highest BCUT2D eigenvalue weighted by molar-refractivity contribution is 5.76. The van der Waals surface area contributed by atoms with Gasteiger partial charge in [-0.05, 0) is 25.7 Å². The van der Waals surface area contributed by atoms with E-state index in [1.165, 1.54) is 6.42 Å². The van der Waals surface area contributed by atoms with Crippen LogP contribution in [-0.4, -0.2) is 30.7 Å². The summed E-state index contributed by atoms with van der Waals surface area (Å²) in [6, 6.07) is 0. The van der Waals surface area contributed by atoms with Gasteiger partial charge in [-0.25, -0.2) is 0 Å². The molecule has 88 valence electrons. The van der Waals surface area contributed by atoms with Crippen molar-refractivity contribution in [1.82, 2.24) is 4.90 Å². The number of rotatable bonds is 5. The molecule has 15 heavy (non-hydrogen) atoms. The minimum absolute atomic E-state index is 0.0351. The molecular weight excluding hydrogens is 190 g/mol. The summed E-state index contributed by atoms with van der Waals surface area (Å²) in [6.45, 7) is 2.95. The van der Waals surface area contributed by atoms with E-state index in [1.807, 2.05) is 7.05 Å². The second-order valence-corrected chi connectivity index (χ2v) is 4.28. The highest BCUT2D eigenvalue weighted by atomic mass is 16.5. The van der Waals surface area contributed by atoms with E-state index in [0.717, 1.165) is 38.7 Å². The summed E-state index contributed by atoms with van der Waals surface area (Å²) < 4.78 is 5.57. The monoisotopic (exact) mass is 213 g/mol. The zero-order valence-corrected chi connectivity index (χ0v) is 10.00. The summed E-state index contributed by atoms with van der Waals surface area (Å²) in [6.07, 6.45) is 7.33. The largest absolute Gasteiger partial charge is 0.358 e. The smallest absolute Gasteiger partial charge is 0.224 e. The van der Waals surface area contributed by atoms with Gasteiger partial charge in [0.25, 0.3) is 0 Å². The third kappa shape index (κ3) is 4.20. The van der Waals surface area contributed by atoms with Crippen LogP contribution in [0.2, 0.25) is 0 Å². The van der Waals surface area contributed by atoms with Crippen LogP contribution < -0.4 is 0 Å². The number of hydrogen-bond donors (Lipinski definition) is 0. The van der Waals surface area contributed by atoms with Crippen molar-refractivity contribution in [2.75, 3.05) is 13.7 Å². The average Bonchev–Trinajstić information content (AvgIpc) is 2.29. The van der Waals surface area contributed by atoms with Crippen LogP contribution in [0.25, 0.3) is 0 Å². The van der Waals surface area contributed by atoms with Crippen molar-refractivity contribution in [3.8, 4) is 0 Å². The van der Waals surface area contributed by atoms with Crippen LogP contribution in [0.4, 0.5) is 0 Å². The predicted molar refractivity (Wildman–Crippen MR) is 60.5 cm³/mol. The second-order valence-electron chi connectivity index (χ2n) is 4.28. The molecule has 0 aliphatic carbocycles. The van der Waals surface area contributed by atoms with Gasteiger partial charge in [-0.15, -0.1) is 0 Å². The highest BCUT2D eigenvalue weighted by Crippen LogP contribution is 2.16. The lowest BCUT2D eigenvalue weighted by atomic mass is 10.1. The molecule has 1 amide bonds. The summed E-state index contributed by atoms with van der Waals surface area (Å²) >= 11 is 0. The fourth-order valence-corrected chi connectivity index (χ4v) is 1.89. The van der Waals surface area contributed by atoms with E-state index < -0.39 is 0 Å². The van der Waals surface area contributed by atoms with Crippen LogP contribution in [0.1, 0.15) is 51.9 Å². The van der Waals surface area contributed by atoms with Crippen LogP contribution in [0.15, 0.2) is 0 Å². The molecule has 0 saturated carbocycles. The Morgan fingerprint density at radius 1 is 1.40 bits per heavy atom. The molecule has 0 bridgehead atoms. The fourth-order valence-electron chi connectivity index (χ4n) is 1.89. The van der Waals surface area contributed by atoms with Gasteiger partial charge in [0.05, 0.1) is 0 Å². The lowest BCUT2D eigenvalue weighted by molar-refractivity contribution is -0.147. The molecule has 0 radical (unpaired) electrons. The Hall–Kier alpha value is -0.570. The number of amides is 1. The van der Waals surface area contributed by atoms with Gasteiger partial charge >= 0.3 is 0 Å². The van der Waals surface area contributed by atoms with Crippen molar-refractivity contribution in [2.45, 2.75) is 58.1 Å². The van der Waals surface area contributed by atoms with Crippen LogP contribution in [0, 0.1) is 0 Å². The first-order valence-corrected chi connectivity index (χ1v) is 6.13. The zero-order chi connectivity index (χ0) is 11.1. The van der Waals surface area contributed by atoms with Crippen molar-refractivity contribution in [2.24, 2.45) is 0 Å². The van der Waals surface area contributed by atoms with E-state index in [1.54, 1.807) is 4.90 Å².